The molecule has 1 fully saturated rings. The van der Waals surface area contributed by atoms with Crippen molar-refractivity contribution in [3.8, 4) is 11.5 Å². The van der Waals surface area contributed by atoms with E-state index >= 15 is 0 Å². The maximum absolute atomic E-state index is 11.9. The monoisotopic (exact) mass is 276 g/mol. The Bertz CT molecular complexity index is 518. The standard InChI is InChI=1S/C15H20N2O3/c1-17-14(18)6-4-11(16)15(17)10-3-5-12-13(9-10)20-8-2-7-19-12/h3,5,9,11,15H,2,4,6-8,16H2,1H3. The summed E-state index contributed by atoms with van der Waals surface area (Å²) >= 11 is 0. The number of piperidine rings is 1. The molecule has 0 aromatic heterocycles. The van der Waals surface area contributed by atoms with Crippen LogP contribution in [0.1, 0.15) is 30.9 Å². The van der Waals surface area contributed by atoms with E-state index < -0.39 is 0 Å². The van der Waals surface area contributed by atoms with Crippen molar-refractivity contribution in [2.45, 2.75) is 31.3 Å². The lowest BCUT2D eigenvalue weighted by Gasteiger charge is -2.37. The van der Waals surface area contributed by atoms with Crippen molar-refractivity contribution in [2.24, 2.45) is 5.73 Å². The summed E-state index contributed by atoms with van der Waals surface area (Å²) in [5.74, 6) is 1.66. The molecule has 20 heavy (non-hydrogen) atoms. The number of hydrogen-bond acceptors (Lipinski definition) is 4. The largest absolute Gasteiger partial charge is 0.490 e. The minimum Gasteiger partial charge on any atom is -0.490 e. The molecule has 108 valence electrons. The van der Waals surface area contributed by atoms with E-state index in [4.69, 9.17) is 15.2 Å². The third-order valence-corrected chi connectivity index (χ3v) is 4.02. The highest BCUT2D eigenvalue weighted by atomic mass is 16.5. The number of rotatable bonds is 1. The quantitative estimate of drug-likeness (QED) is 0.843. The van der Waals surface area contributed by atoms with Gasteiger partial charge in [-0.05, 0) is 24.1 Å². The lowest BCUT2D eigenvalue weighted by atomic mass is 9.91. The van der Waals surface area contributed by atoms with Gasteiger partial charge in [0.05, 0.1) is 19.3 Å². The fraction of sp³-hybridized carbons (Fsp3) is 0.533. The van der Waals surface area contributed by atoms with Crippen LogP contribution in [0.25, 0.3) is 0 Å². The van der Waals surface area contributed by atoms with Gasteiger partial charge in [0.25, 0.3) is 0 Å². The zero-order valence-electron chi connectivity index (χ0n) is 11.7. The predicted molar refractivity (Wildman–Crippen MR) is 74.8 cm³/mol. The number of ether oxygens (including phenoxy) is 2. The van der Waals surface area contributed by atoms with Crippen molar-refractivity contribution in [1.29, 1.82) is 0 Å². The Morgan fingerprint density at radius 2 is 2.00 bits per heavy atom. The first-order chi connectivity index (χ1) is 9.66. The number of carbonyl (C=O) groups is 1. The highest BCUT2D eigenvalue weighted by Gasteiger charge is 2.33. The van der Waals surface area contributed by atoms with Crippen LogP contribution in [0.15, 0.2) is 18.2 Å². The van der Waals surface area contributed by atoms with Gasteiger partial charge in [0.2, 0.25) is 5.91 Å². The molecule has 0 bridgehead atoms. The van der Waals surface area contributed by atoms with E-state index in [1.54, 1.807) is 4.90 Å². The zero-order valence-corrected chi connectivity index (χ0v) is 11.7. The van der Waals surface area contributed by atoms with Gasteiger partial charge in [0.1, 0.15) is 0 Å². The fourth-order valence-corrected chi connectivity index (χ4v) is 2.90. The smallest absolute Gasteiger partial charge is 0.222 e. The van der Waals surface area contributed by atoms with Crippen LogP contribution in [0.5, 0.6) is 11.5 Å². The van der Waals surface area contributed by atoms with E-state index in [9.17, 15) is 4.79 Å². The number of benzene rings is 1. The number of likely N-dealkylation sites (tertiary alicyclic amines) is 1. The second-order valence-corrected chi connectivity index (χ2v) is 5.41. The third-order valence-electron chi connectivity index (χ3n) is 4.02. The van der Waals surface area contributed by atoms with Crippen LogP contribution in [0.2, 0.25) is 0 Å². The van der Waals surface area contributed by atoms with Gasteiger partial charge < -0.3 is 20.1 Å². The molecule has 2 N–H and O–H groups in total. The van der Waals surface area contributed by atoms with E-state index in [-0.39, 0.29) is 18.0 Å². The van der Waals surface area contributed by atoms with Crippen molar-refractivity contribution in [2.75, 3.05) is 20.3 Å². The summed E-state index contributed by atoms with van der Waals surface area (Å²) in [6.45, 7) is 1.33. The van der Waals surface area contributed by atoms with Gasteiger partial charge in [-0.15, -0.1) is 0 Å². The number of likely N-dealkylation sites (N-methyl/N-ethyl adjacent to an activating group) is 1. The van der Waals surface area contributed by atoms with E-state index in [1.165, 1.54) is 0 Å². The van der Waals surface area contributed by atoms with Crippen LogP contribution < -0.4 is 15.2 Å². The summed E-state index contributed by atoms with van der Waals surface area (Å²) in [5, 5.41) is 0. The number of amides is 1. The van der Waals surface area contributed by atoms with E-state index in [1.807, 2.05) is 25.2 Å². The summed E-state index contributed by atoms with van der Waals surface area (Å²) in [5.41, 5.74) is 7.22. The number of carbonyl (C=O) groups excluding carboxylic acids is 1. The van der Waals surface area contributed by atoms with Crippen LogP contribution in [0, 0.1) is 0 Å². The zero-order chi connectivity index (χ0) is 14.1. The Labute approximate surface area is 118 Å². The van der Waals surface area contributed by atoms with Crippen LogP contribution >= 0.6 is 0 Å². The summed E-state index contributed by atoms with van der Waals surface area (Å²) in [6, 6.07) is 5.72. The minimum absolute atomic E-state index is 0.0394. The molecule has 2 atom stereocenters. The summed E-state index contributed by atoms with van der Waals surface area (Å²) in [6.07, 6.45) is 2.13. The number of nitrogens with zero attached hydrogens (tertiary/aromatic N) is 1. The molecule has 3 rings (SSSR count). The van der Waals surface area contributed by atoms with Gasteiger partial charge in [0.15, 0.2) is 11.5 Å². The first-order valence-electron chi connectivity index (χ1n) is 7.07. The molecular weight excluding hydrogens is 256 g/mol. The normalized spacial score (nSPS) is 26.3. The Hall–Kier alpha value is -1.75. The van der Waals surface area contributed by atoms with Crippen LogP contribution in [-0.2, 0) is 4.79 Å². The predicted octanol–water partition coefficient (Wildman–Crippen LogP) is 1.47. The minimum atomic E-state index is -0.0894. The second kappa shape index (κ2) is 5.32. The molecule has 5 nitrogen and oxygen atoms in total. The topological polar surface area (TPSA) is 64.8 Å². The van der Waals surface area contributed by atoms with Gasteiger partial charge in [-0.25, -0.2) is 0 Å². The highest BCUT2D eigenvalue weighted by Crippen LogP contribution is 2.36. The lowest BCUT2D eigenvalue weighted by molar-refractivity contribution is -0.135. The van der Waals surface area contributed by atoms with Crippen LogP contribution in [-0.4, -0.2) is 37.1 Å². The average molecular weight is 276 g/mol. The molecule has 0 aliphatic carbocycles. The maximum atomic E-state index is 11.9. The first kappa shape index (κ1) is 13.2. The van der Waals surface area contributed by atoms with Crippen molar-refractivity contribution in [3.05, 3.63) is 23.8 Å². The molecule has 2 heterocycles. The maximum Gasteiger partial charge on any atom is 0.222 e. The summed E-state index contributed by atoms with van der Waals surface area (Å²) < 4.78 is 11.3. The number of nitrogens with two attached hydrogens (primary N) is 1. The van der Waals surface area contributed by atoms with Gasteiger partial charge in [-0.1, -0.05) is 6.07 Å². The Morgan fingerprint density at radius 3 is 2.80 bits per heavy atom. The molecule has 0 saturated carbocycles. The summed E-state index contributed by atoms with van der Waals surface area (Å²) in [7, 11) is 1.81. The van der Waals surface area contributed by atoms with Crippen molar-refractivity contribution in [1.82, 2.24) is 4.90 Å². The molecule has 2 aliphatic rings. The molecule has 1 amide bonds. The number of fused-ring (bicyclic) bond motifs is 1. The van der Waals surface area contributed by atoms with Crippen molar-refractivity contribution < 1.29 is 14.3 Å². The summed E-state index contributed by atoms with van der Waals surface area (Å²) in [4.78, 5) is 13.6. The second-order valence-electron chi connectivity index (χ2n) is 5.41. The van der Waals surface area contributed by atoms with Gasteiger partial charge in [-0.2, -0.15) is 0 Å². The Morgan fingerprint density at radius 1 is 1.25 bits per heavy atom. The van der Waals surface area contributed by atoms with Crippen LogP contribution in [0.3, 0.4) is 0 Å². The fourth-order valence-electron chi connectivity index (χ4n) is 2.90. The lowest BCUT2D eigenvalue weighted by Crippen LogP contribution is -2.46. The SMILES string of the molecule is CN1C(=O)CCC(N)C1c1ccc2c(c1)OCCCO2. The molecule has 5 heteroatoms. The Balaban J connectivity index is 1.93. The highest BCUT2D eigenvalue weighted by molar-refractivity contribution is 5.77. The van der Waals surface area contributed by atoms with Crippen LogP contribution in [0.4, 0.5) is 0 Å². The van der Waals surface area contributed by atoms with E-state index in [0.29, 0.717) is 19.6 Å². The molecule has 0 spiro atoms. The van der Waals surface area contributed by atoms with E-state index in [0.717, 1.165) is 29.9 Å². The van der Waals surface area contributed by atoms with Gasteiger partial charge in [-0.3, -0.25) is 4.79 Å². The van der Waals surface area contributed by atoms with Crippen molar-refractivity contribution >= 4 is 5.91 Å². The molecule has 1 saturated heterocycles. The average Bonchev–Trinajstić information content (AvgIpc) is 2.68. The van der Waals surface area contributed by atoms with Crippen molar-refractivity contribution in [3.63, 3.8) is 0 Å². The molecule has 0 radical (unpaired) electrons. The molecule has 2 aliphatic heterocycles. The van der Waals surface area contributed by atoms with E-state index in [2.05, 4.69) is 0 Å². The number of hydrogen-bond donors (Lipinski definition) is 1. The molecular formula is C15H20N2O3. The molecule has 1 aromatic carbocycles. The first-order valence-corrected chi connectivity index (χ1v) is 7.07. The van der Waals surface area contributed by atoms with Gasteiger partial charge in [0, 0.05) is 25.9 Å². The third kappa shape index (κ3) is 2.33. The molecule has 2 unspecified atom stereocenters. The molecule has 1 aromatic rings. The Kier molecular flexibility index (Phi) is 3.53. The van der Waals surface area contributed by atoms with Gasteiger partial charge >= 0.3 is 0 Å².